The topological polar surface area (TPSA) is 3.24 Å². The molecule has 1 fully saturated rings. The third kappa shape index (κ3) is 2.90. The Hall–Kier alpha value is -0.820. The molecule has 0 unspecified atom stereocenters. The first kappa shape index (κ1) is 12.6. The summed E-state index contributed by atoms with van der Waals surface area (Å²) in [6.07, 6.45) is 7.19. The first-order valence-corrected chi connectivity index (χ1v) is 7.24. The maximum Gasteiger partial charge on any atom is 0.0243 e. The molecule has 1 aliphatic heterocycles. The van der Waals surface area contributed by atoms with Crippen molar-refractivity contribution in [1.29, 1.82) is 0 Å². The van der Waals surface area contributed by atoms with Crippen molar-refractivity contribution >= 4 is 0 Å². The molecule has 0 radical (unpaired) electrons. The molecule has 0 aromatic heterocycles. The SMILES string of the molecule is CC.c1ccc2c(c1)CN(C1CCCCC1)C2. The maximum atomic E-state index is 2.68. The summed E-state index contributed by atoms with van der Waals surface area (Å²) in [6, 6.07) is 9.79. The van der Waals surface area contributed by atoms with E-state index in [1.54, 1.807) is 11.1 Å². The largest absolute Gasteiger partial charge is 0.292 e. The molecular weight excluding hydrogens is 206 g/mol. The lowest BCUT2D eigenvalue weighted by molar-refractivity contribution is 0.156. The molecule has 0 bridgehead atoms. The van der Waals surface area contributed by atoms with Crippen LogP contribution >= 0.6 is 0 Å². The third-order valence-corrected chi connectivity index (χ3v) is 3.96. The molecular formula is C16H25N. The predicted molar refractivity (Wildman–Crippen MR) is 73.9 cm³/mol. The zero-order valence-corrected chi connectivity index (χ0v) is 11.3. The van der Waals surface area contributed by atoms with E-state index in [4.69, 9.17) is 0 Å². The second kappa shape index (κ2) is 6.20. The van der Waals surface area contributed by atoms with Crippen molar-refractivity contribution in [1.82, 2.24) is 4.90 Å². The summed E-state index contributed by atoms with van der Waals surface area (Å²) < 4.78 is 0. The first-order valence-electron chi connectivity index (χ1n) is 7.24. The highest BCUT2D eigenvalue weighted by Gasteiger charge is 2.26. The molecule has 1 heteroatoms. The van der Waals surface area contributed by atoms with Crippen LogP contribution in [-0.2, 0) is 13.1 Å². The highest BCUT2D eigenvalue weighted by atomic mass is 15.2. The van der Waals surface area contributed by atoms with Gasteiger partial charge in [-0.25, -0.2) is 0 Å². The summed E-state index contributed by atoms with van der Waals surface area (Å²) in [6.45, 7) is 6.39. The van der Waals surface area contributed by atoms with Gasteiger partial charge in [-0.2, -0.15) is 0 Å². The summed E-state index contributed by atoms with van der Waals surface area (Å²) in [5.41, 5.74) is 3.12. The average Bonchev–Trinajstić information content (AvgIpc) is 2.86. The number of benzene rings is 1. The monoisotopic (exact) mass is 231 g/mol. The van der Waals surface area contributed by atoms with Gasteiger partial charge >= 0.3 is 0 Å². The van der Waals surface area contributed by atoms with Crippen LogP contribution in [0.25, 0.3) is 0 Å². The highest BCUT2D eigenvalue weighted by Crippen LogP contribution is 2.30. The number of fused-ring (bicyclic) bond motifs is 1. The Morgan fingerprint density at radius 2 is 1.41 bits per heavy atom. The van der Waals surface area contributed by atoms with Crippen LogP contribution in [0.5, 0.6) is 0 Å². The average molecular weight is 231 g/mol. The highest BCUT2D eigenvalue weighted by molar-refractivity contribution is 5.30. The van der Waals surface area contributed by atoms with Crippen molar-refractivity contribution in [3.63, 3.8) is 0 Å². The molecule has 0 N–H and O–H groups in total. The van der Waals surface area contributed by atoms with Crippen LogP contribution in [-0.4, -0.2) is 10.9 Å². The fourth-order valence-corrected chi connectivity index (χ4v) is 3.06. The molecule has 1 saturated carbocycles. The van der Waals surface area contributed by atoms with Crippen molar-refractivity contribution in [2.24, 2.45) is 0 Å². The first-order chi connectivity index (χ1) is 8.43. The zero-order chi connectivity index (χ0) is 12.1. The quantitative estimate of drug-likeness (QED) is 0.694. The van der Waals surface area contributed by atoms with Crippen molar-refractivity contribution in [3.05, 3.63) is 35.4 Å². The number of nitrogens with zero attached hydrogens (tertiary/aromatic N) is 1. The van der Waals surface area contributed by atoms with Crippen LogP contribution in [0.3, 0.4) is 0 Å². The van der Waals surface area contributed by atoms with E-state index in [-0.39, 0.29) is 0 Å². The second-order valence-corrected chi connectivity index (χ2v) is 4.97. The van der Waals surface area contributed by atoms with Gasteiger partial charge in [0, 0.05) is 19.1 Å². The molecule has 1 aromatic rings. The number of rotatable bonds is 1. The van der Waals surface area contributed by atoms with Gasteiger partial charge in [0.2, 0.25) is 0 Å². The molecule has 0 atom stereocenters. The van der Waals surface area contributed by atoms with E-state index >= 15 is 0 Å². The van der Waals surface area contributed by atoms with Crippen LogP contribution in [0.15, 0.2) is 24.3 Å². The fourth-order valence-electron chi connectivity index (χ4n) is 3.06. The predicted octanol–water partition coefficient (Wildman–Crippen LogP) is 4.36. The van der Waals surface area contributed by atoms with Gasteiger partial charge < -0.3 is 0 Å². The lowest BCUT2D eigenvalue weighted by Gasteiger charge is -2.30. The van der Waals surface area contributed by atoms with Crippen molar-refractivity contribution in [2.75, 3.05) is 0 Å². The third-order valence-electron chi connectivity index (χ3n) is 3.96. The summed E-state index contributed by atoms with van der Waals surface area (Å²) >= 11 is 0. The number of hydrogen-bond acceptors (Lipinski definition) is 1. The Kier molecular flexibility index (Phi) is 4.61. The van der Waals surface area contributed by atoms with Crippen LogP contribution in [0, 0.1) is 0 Å². The van der Waals surface area contributed by atoms with Gasteiger partial charge in [0.05, 0.1) is 0 Å². The van der Waals surface area contributed by atoms with Crippen LogP contribution in [0.4, 0.5) is 0 Å². The molecule has 94 valence electrons. The van der Waals surface area contributed by atoms with E-state index in [2.05, 4.69) is 29.2 Å². The smallest absolute Gasteiger partial charge is 0.0243 e. The van der Waals surface area contributed by atoms with Crippen LogP contribution < -0.4 is 0 Å². The molecule has 1 aliphatic carbocycles. The van der Waals surface area contributed by atoms with E-state index in [9.17, 15) is 0 Å². The maximum absolute atomic E-state index is 2.68. The van der Waals surface area contributed by atoms with Gasteiger partial charge in [0.15, 0.2) is 0 Å². The summed E-state index contributed by atoms with van der Waals surface area (Å²) in [5.74, 6) is 0. The van der Waals surface area contributed by atoms with E-state index in [0.717, 1.165) is 6.04 Å². The molecule has 0 spiro atoms. The van der Waals surface area contributed by atoms with Gasteiger partial charge in [-0.1, -0.05) is 57.4 Å². The Balaban J connectivity index is 0.000000514. The molecule has 17 heavy (non-hydrogen) atoms. The zero-order valence-electron chi connectivity index (χ0n) is 11.3. The Labute approximate surface area is 106 Å². The molecule has 1 heterocycles. The van der Waals surface area contributed by atoms with E-state index < -0.39 is 0 Å². The van der Waals surface area contributed by atoms with Gasteiger partial charge in [0.1, 0.15) is 0 Å². The molecule has 0 saturated heterocycles. The van der Waals surface area contributed by atoms with Gasteiger partial charge in [0.25, 0.3) is 0 Å². The van der Waals surface area contributed by atoms with Crippen molar-refractivity contribution in [2.45, 2.75) is 65.1 Å². The minimum atomic E-state index is 0.867. The minimum Gasteiger partial charge on any atom is -0.292 e. The Bertz CT molecular complexity index is 314. The Morgan fingerprint density at radius 3 is 1.94 bits per heavy atom. The van der Waals surface area contributed by atoms with Gasteiger partial charge in [-0.05, 0) is 24.0 Å². The molecule has 3 rings (SSSR count). The molecule has 1 aromatic carbocycles. The second-order valence-electron chi connectivity index (χ2n) is 4.97. The van der Waals surface area contributed by atoms with Gasteiger partial charge in [-0.15, -0.1) is 0 Å². The Morgan fingerprint density at radius 1 is 0.882 bits per heavy atom. The number of hydrogen-bond donors (Lipinski definition) is 0. The molecule has 1 nitrogen and oxygen atoms in total. The summed E-state index contributed by atoms with van der Waals surface area (Å²) in [5, 5.41) is 0. The van der Waals surface area contributed by atoms with Crippen LogP contribution in [0.1, 0.15) is 57.1 Å². The lowest BCUT2D eigenvalue weighted by Crippen LogP contribution is -2.32. The van der Waals surface area contributed by atoms with E-state index in [0.29, 0.717) is 0 Å². The van der Waals surface area contributed by atoms with Gasteiger partial charge in [-0.3, -0.25) is 4.90 Å². The van der Waals surface area contributed by atoms with E-state index in [1.807, 2.05) is 13.8 Å². The molecule has 2 aliphatic rings. The van der Waals surface area contributed by atoms with Crippen LogP contribution in [0.2, 0.25) is 0 Å². The standard InChI is InChI=1S/C14H19N.C2H6/c1-2-8-14(9-3-1)15-10-12-6-4-5-7-13(12)11-15;1-2/h4-7,14H,1-3,8-11H2;1-2H3. The lowest BCUT2D eigenvalue weighted by atomic mass is 9.94. The normalized spacial score (nSPS) is 20.6. The minimum absolute atomic E-state index is 0.867. The van der Waals surface area contributed by atoms with Crippen molar-refractivity contribution < 1.29 is 0 Å². The van der Waals surface area contributed by atoms with E-state index in [1.165, 1.54) is 45.2 Å². The fraction of sp³-hybridized carbons (Fsp3) is 0.625. The summed E-state index contributed by atoms with van der Waals surface area (Å²) in [7, 11) is 0. The van der Waals surface area contributed by atoms with Crippen molar-refractivity contribution in [3.8, 4) is 0 Å². The summed E-state index contributed by atoms with van der Waals surface area (Å²) in [4.78, 5) is 2.68. The molecule has 0 amide bonds.